The van der Waals surface area contributed by atoms with Crippen LogP contribution in [0.5, 0.6) is 11.5 Å². The number of ether oxygens (including phenoxy) is 1. The Balaban J connectivity index is 0.00000361. The van der Waals surface area contributed by atoms with Gasteiger partial charge >= 0.3 is 20.4 Å². The van der Waals surface area contributed by atoms with Gasteiger partial charge in [0.15, 0.2) is 0 Å². The summed E-state index contributed by atoms with van der Waals surface area (Å²) in [7, 11) is 0. The summed E-state index contributed by atoms with van der Waals surface area (Å²) in [5.41, 5.74) is 10.5. The van der Waals surface area contributed by atoms with E-state index in [1.165, 1.54) is 0 Å². The number of nitrogens with zero attached hydrogens (tertiary/aromatic N) is 4. The van der Waals surface area contributed by atoms with E-state index in [0.29, 0.717) is 11.5 Å². The summed E-state index contributed by atoms with van der Waals surface area (Å²) in [6.07, 6.45) is 1.81. The summed E-state index contributed by atoms with van der Waals surface area (Å²) in [6, 6.07) is 64.0. The summed E-state index contributed by atoms with van der Waals surface area (Å²) in [5, 5.41) is 5.31. The Labute approximate surface area is 324 Å². The fraction of sp³-hybridized carbons (Fsp3) is 0. The zero-order valence-electron chi connectivity index (χ0n) is 28.7. The van der Waals surface area contributed by atoms with E-state index in [2.05, 4.69) is 153 Å². The van der Waals surface area contributed by atoms with Crippen molar-refractivity contribution in [3.8, 4) is 39.6 Å². The summed E-state index contributed by atoms with van der Waals surface area (Å²) < 4.78 is 11.1. The van der Waals surface area contributed by atoms with Gasteiger partial charge in [-0.1, -0.05) is 119 Å². The second-order valence-corrected chi connectivity index (χ2v) is 13.2. The molecule has 0 fully saturated rings. The molecule has 0 atom stereocenters. The van der Waals surface area contributed by atoms with Gasteiger partial charge in [-0.3, -0.25) is 4.98 Å². The molecule has 5 nitrogen and oxygen atoms in total. The van der Waals surface area contributed by atoms with Gasteiger partial charge in [-0.15, -0.1) is 29.7 Å². The van der Waals surface area contributed by atoms with E-state index in [1.807, 2.05) is 42.6 Å². The molecule has 0 saturated carbocycles. The molecule has 0 radical (unpaired) electrons. The fourth-order valence-electron chi connectivity index (χ4n) is 7.86. The van der Waals surface area contributed by atoms with Gasteiger partial charge in [0.25, 0.3) is 0 Å². The molecule has 0 aliphatic heterocycles. The Kier molecular flexibility index (Phi) is 7.62. The standard InChI is InChI=1S/C48H28N4O.Pd/c1-3-13-31(14-4-1)33-27-39(32-15-5-2-6-16-32)47-38-25-23-34(29-40(38)48-50-41-18-8-10-20-43(41)52(48)45(47)28-33)53-35-22-24-37-36-17-7-9-19-42(36)51(44(37)30-35)46-21-11-12-26-49-46;/h1-28H;/q-2;+2. The van der Waals surface area contributed by atoms with Gasteiger partial charge in [0, 0.05) is 28.7 Å². The zero-order chi connectivity index (χ0) is 34.9. The number of imidazole rings is 1. The van der Waals surface area contributed by atoms with Crippen molar-refractivity contribution < 1.29 is 25.2 Å². The molecule has 11 aromatic rings. The van der Waals surface area contributed by atoms with Crippen LogP contribution in [0.4, 0.5) is 0 Å². The SMILES string of the molecule is [Pd+2].[c-]1c(Oc2[c-]c3c(cc2)c2ccccc2n3-c2ccccn2)ccc2c1c1nc3ccccc3n1c1cc(-c3ccccc3)cc(-c3ccccc3)c21. The molecule has 4 heterocycles. The van der Waals surface area contributed by atoms with Crippen LogP contribution in [0.1, 0.15) is 0 Å². The number of fused-ring (bicyclic) bond motifs is 11. The summed E-state index contributed by atoms with van der Waals surface area (Å²) in [5.74, 6) is 2.01. The van der Waals surface area contributed by atoms with E-state index in [1.54, 1.807) is 0 Å². The zero-order valence-corrected chi connectivity index (χ0v) is 30.2. The molecule has 6 heteroatoms. The predicted molar refractivity (Wildman–Crippen MR) is 215 cm³/mol. The third-order valence-electron chi connectivity index (χ3n) is 10.2. The van der Waals surface area contributed by atoms with Crippen LogP contribution < -0.4 is 4.74 Å². The van der Waals surface area contributed by atoms with Crippen molar-refractivity contribution in [2.24, 2.45) is 0 Å². The number of hydrogen-bond acceptors (Lipinski definition) is 3. The van der Waals surface area contributed by atoms with Crippen LogP contribution in [-0.4, -0.2) is 18.9 Å². The van der Waals surface area contributed by atoms with Gasteiger partial charge in [-0.2, -0.15) is 6.07 Å². The number of benzene rings is 7. The minimum absolute atomic E-state index is 0. The Hall–Kier alpha value is -6.58. The molecule has 0 amide bonds. The van der Waals surface area contributed by atoms with Crippen molar-refractivity contribution in [1.29, 1.82) is 0 Å². The normalized spacial score (nSPS) is 11.6. The fourth-order valence-corrected chi connectivity index (χ4v) is 7.86. The first-order valence-corrected chi connectivity index (χ1v) is 17.7. The number of aromatic nitrogens is 4. The third kappa shape index (κ3) is 5.04. The second kappa shape index (κ2) is 12.8. The first-order valence-electron chi connectivity index (χ1n) is 17.7. The van der Waals surface area contributed by atoms with E-state index in [0.717, 1.165) is 88.2 Å². The maximum Gasteiger partial charge on any atom is 2.00 e. The average Bonchev–Trinajstić information content (AvgIpc) is 3.78. The number of pyridine rings is 2. The Bertz CT molecular complexity index is 3190. The summed E-state index contributed by atoms with van der Waals surface area (Å²) >= 11 is 0. The molecule has 0 unspecified atom stereocenters. The van der Waals surface area contributed by atoms with Crippen molar-refractivity contribution in [3.05, 3.63) is 182 Å². The molecule has 11 rings (SSSR count). The van der Waals surface area contributed by atoms with Crippen LogP contribution in [0.2, 0.25) is 0 Å². The van der Waals surface area contributed by atoms with Crippen LogP contribution in [0, 0.1) is 12.1 Å². The monoisotopic (exact) mass is 782 g/mol. The Morgan fingerprint density at radius 2 is 1.20 bits per heavy atom. The number of rotatable bonds is 5. The molecule has 0 spiro atoms. The van der Waals surface area contributed by atoms with Crippen LogP contribution in [0.15, 0.2) is 170 Å². The van der Waals surface area contributed by atoms with Crippen molar-refractivity contribution >= 4 is 60.2 Å². The van der Waals surface area contributed by atoms with Crippen molar-refractivity contribution in [1.82, 2.24) is 18.9 Å². The maximum atomic E-state index is 6.63. The number of hydrogen-bond donors (Lipinski definition) is 0. The molecule has 0 N–H and O–H groups in total. The smallest absolute Gasteiger partial charge is 0.503 e. The average molecular weight is 783 g/mol. The Morgan fingerprint density at radius 1 is 0.519 bits per heavy atom. The van der Waals surface area contributed by atoms with Crippen LogP contribution >= 0.6 is 0 Å². The minimum Gasteiger partial charge on any atom is -0.503 e. The van der Waals surface area contributed by atoms with Crippen molar-refractivity contribution in [2.75, 3.05) is 0 Å². The van der Waals surface area contributed by atoms with E-state index in [9.17, 15) is 0 Å². The predicted octanol–water partition coefficient (Wildman–Crippen LogP) is 12.0. The Morgan fingerprint density at radius 3 is 2.00 bits per heavy atom. The van der Waals surface area contributed by atoms with Crippen LogP contribution in [-0.2, 0) is 20.4 Å². The van der Waals surface area contributed by atoms with E-state index < -0.39 is 0 Å². The minimum atomic E-state index is 0. The maximum absolute atomic E-state index is 6.63. The largest absolute Gasteiger partial charge is 2.00 e. The molecule has 0 aliphatic carbocycles. The molecule has 0 aliphatic rings. The third-order valence-corrected chi connectivity index (χ3v) is 10.2. The summed E-state index contributed by atoms with van der Waals surface area (Å²) in [6.45, 7) is 0. The topological polar surface area (TPSA) is 44.3 Å². The van der Waals surface area contributed by atoms with Crippen LogP contribution in [0.25, 0.3) is 88.2 Å². The van der Waals surface area contributed by atoms with Gasteiger partial charge < -0.3 is 13.7 Å². The second-order valence-electron chi connectivity index (χ2n) is 13.2. The van der Waals surface area contributed by atoms with E-state index in [-0.39, 0.29) is 20.4 Å². The molecule has 0 bridgehead atoms. The first kappa shape index (κ1) is 32.1. The van der Waals surface area contributed by atoms with E-state index >= 15 is 0 Å². The molecular formula is C48H28N4OPd. The molecule has 4 aromatic heterocycles. The van der Waals surface area contributed by atoms with E-state index in [4.69, 9.17) is 9.72 Å². The van der Waals surface area contributed by atoms with Crippen molar-refractivity contribution in [3.63, 3.8) is 0 Å². The van der Waals surface area contributed by atoms with Gasteiger partial charge in [-0.25, -0.2) is 4.98 Å². The van der Waals surface area contributed by atoms with Gasteiger partial charge in [0.2, 0.25) is 0 Å². The molecular weight excluding hydrogens is 755 g/mol. The molecule has 256 valence electrons. The molecule has 0 saturated heterocycles. The van der Waals surface area contributed by atoms with Crippen molar-refractivity contribution in [2.45, 2.75) is 0 Å². The number of para-hydroxylation sites is 3. The van der Waals surface area contributed by atoms with Gasteiger partial charge in [0.1, 0.15) is 5.82 Å². The first-order chi connectivity index (χ1) is 26.3. The summed E-state index contributed by atoms with van der Waals surface area (Å²) in [4.78, 5) is 9.89. The molecule has 54 heavy (non-hydrogen) atoms. The van der Waals surface area contributed by atoms with Gasteiger partial charge in [-0.05, 0) is 75.5 Å². The van der Waals surface area contributed by atoms with Crippen LogP contribution in [0.3, 0.4) is 0 Å². The van der Waals surface area contributed by atoms with Gasteiger partial charge in [0.05, 0.1) is 16.7 Å². The molecule has 7 aromatic carbocycles. The quantitative estimate of drug-likeness (QED) is 0.0992.